The highest BCUT2D eigenvalue weighted by atomic mass is 35.5. The normalized spacial score (nSPS) is 14.8. The number of nitrogens with zero attached hydrogens (tertiary/aromatic N) is 1. The minimum Gasteiger partial charge on any atom is -0.370 e. The minimum atomic E-state index is -0.895. The number of morpholine rings is 1. The van der Waals surface area contributed by atoms with Crippen LogP contribution >= 0.6 is 22.9 Å². The van der Waals surface area contributed by atoms with Crippen molar-refractivity contribution >= 4 is 52.0 Å². The summed E-state index contributed by atoms with van der Waals surface area (Å²) in [6, 6.07) is 9.14. The predicted octanol–water partition coefficient (Wildman–Crippen LogP) is 2.53. The second-order valence-corrected chi connectivity index (χ2v) is 7.89. The summed E-state index contributed by atoms with van der Waals surface area (Å²) in [6.07, 6.45) is 5.39. The van der Waals surface area contributed by atoms with Gasteiger partial charge in [0.2, 0.25) is 5.91 Å². The van der Waals surface area contributed by atoms with Gasteiger partial charge in [0, 0.05) is 24.3 Å². The van der Waals surface area contributed by atoms with Gasteiger partial charge in [-0.25, -0.2) is 0 Å². The third kappa shape index (κ3) is 5.35. The number of hydrogen-bond donors (Lipinski definition) is 2. The van der Waals surface area contributed by atoms with Crippen molar-refractivity contribution in [3.05, 3.63) is 45.6 Å². The second kappa shape index (κ2) is 9.56. The van der Waals surface area contributed by atoms with Crippen LogP contribution in [0.15, 0.2) is 36.4 Å². The van der Waals surface area contributed by atoms with Crippen LogP contribution in [0.3, 0.4) is 0 Å². The molecule has 1 aliphatic rings. The highest BCUT2D eigenvalue weighted by molar-refractivity contribution is 7.18. The molecular formula is C20H18ClN3O4S. The van der Waals surface area contributed by atoms with E-state index in [9.17, 15) is 14.4 Å². The van der Waals surface area contributed by atoms with E-state index in [1.807, 2.05) is 0 Å². The van der Waals surface area contributed by atoms with Gasteiger partial charge in [-0.05, 0) is 36.4 Å². The summed E-state index contributed by atoms with van der Waals surface area (Å²) in [5, 5.41) is 5.36. The number of benzene rings is 1. The van der Waals surface area contributed by atoms with Crippen LogP contribution in [0.4, 0.5) is 11.4 Å². The van der Waals surface area contributed by atoms with Crippen molar-refractivity contribution in [2.75, 3.05) is 30.0 Å². The van der Waals surface area contributed by atoms with E-state index in [4.69, 9.17) is 22.8 Å². The number of terminal acetylenes is 1. The smallest absolute Gasteiger partial charge is 0.262 e. The van der Waals surface area contributed by atoms with Gasteiger partial charge in [-0.1, -0.05) is 11.6 Å². The largest absolute Gasteiger partial charge is 0.370 e. The lowest BCUT2D eigenvalue weighted by Crippen LogP contribution is -2.43. The van der Waals surface area contributed by atoms with Crippen LogP contribution < -0.4 is 15.5 Å². The first kappa shape index (κ1) is 20.9. The number of carbonyl (C=O) groups excluding carboxylic acids is 3. The predicted molar refractivity (Wildman–Crippen MR) is 112 cm³/mol. The van der Waals surface area contributed by atoms with Crippen molar-refractivity contribution in [3.63, 3.8) is 0 Å². The molecule has 2 N–H and O–H groups in total. The van der Waals surface area contributed by atoms with E-state index in [1.165, 1.54) is 0 Å². The summed E-state index contributed by atoms with van der Waals surface area (Å²) in [5.74, 6) is 1.43. The van der Waals surface area contributed by atoms with E-state index in [1.54, 1.807) is 41.3 Å². The van der Waals surface area contributed by atoms with E-state index < -0.39 is 17.9 Å². The summed E-state index contributed by atoms with van der Waals surface area (Å²) in [4.78, 5) is 38.8. The zero-order valence-corrected chi connectivity index (χ0v) is 16.9. The molecule has 1 aromatic heterocycles. The summed E-state index contributed by atoms with van der Waals surface area (Å²) < 4.78 is 5.60. The van der Waals surface area contributed by atoms with Crippen LogP contribution in [-0.2, 0) is 14.3 Å². The standard InChI is InChI=1S/C20H18ClN3O4S/c1-2-3-15(23-20(27)16-8-9-17(21)29-16)19(26)22-13-4-6-14(7-5-13)24-10-11-28-12-18(24)25/h1,4-9,15H,3,10-12H2,(H,22,26)(H,23,27)/t15-/m1/s1. The Morgan fingerprint density at radius 1 is 1.28 bits per heavy atom. The van der Waals surface area contributed by atoms with E-state index in [0.29, 0.717) is 28.1 Å². The van der Waals surface area contributed by atoms with Gasteiger partial charge in [0.25, 0.3) is 11.8 Å². The first-order valence-corrected chi connectivity index (χ1v) is 9.96. The Morgan fingerprint density at radius 3 is 2.66 bits per heavy atom. The first-order chi connectivity index (χ1) is 14.0. The number of anilines is 2. The van der Waals surface area contributed by atoms with Crippen LogP contribution in [0.5, 0.6) is 0 Å². The third-order valence-corrected chi connectivity index (χ3v) is 5.40. The molecule has 0 bridgehead atoms. The molecule has 0 unspecified atom stereocenters. The Hall–Kier alpha value is -2.86. The molecule has 150 valence electrons. The molecule has 1 atom stereocenters. The number of rotatable bonds is 6. The van der Waals surface area contributed by atoms with Crippen LogP contribution in [0.1, 0.15) is 16.1 Å². The number of amides is 3. The fraction of sp³-hybridized carbons (Fsp3) is 0.250. The van der Waals surface area contributed by atoms with Gasteiger partial charge in [-0.2, -0.15) is 0 Å². The molecular weight excluding hydrogens is 414 g/mol. The summed E-state index contributed by atoms with van der Waals surface area (Å²) in [6.45, 7) is 1.02. The highest BCUT2D eigenvalue weighted by Crippen LogP contribution is 2.22. The molecule has 0 saturated carbocycles. The van der Waals surface area contributed by atoms with Crippen molar-refractivity contribution in [2.45, 2.75) is 12.5 Å². The molecule has 0 radical (unpaired) electrons. The first-order valence-electron chi connectivity index (χ1n) is 8.76. The van der Waals surface area contributed by atoms with Gasteiger partial charge in [-0.15, -0.1) is 23.7 Å². The lowest BCUT2D eigenvalue weighted by molar-refractivity contribution is -0.125. The second-order valence-electron chi connectivity index (χ2n) is 6.17. The van der Waals surface area contributed by atoms with Gasteiger partial charge in [-0.3, -0.25) is 14.4 Å². The molecule has 1 fully saturated rings. The van der Waals surface area contributed by atoms with Crippen molar-refractivity contribution in [2.24, 2.45) is 0 Å². The molecule has 0 spiro atoms. The van der Waals surface area contributed by atoms with Crippen molar-refractivity contribution in [3.8, 4) is 12.3 Å². The average molecular weight is 432 g/mol. The van der Waals surface area contributed by atoms with Crippen LogP contribution in [-0.4, -0.2) is 43.5 Å². The fourth-order valence-corrected chi connectivity index (χ4v) is 3.68. The molecule has 1 saturated heterocycles. The van der Waals surface area contributed by atoms with Crippen LogP contribution in [0, 0.1) is 12.3 Å². The average Bonchev–Trinajstić information content (AvgIpc) is 3.15. The molecule has 2 aromatic rings. The quantitative estimate of drug-likeness (QED) is 0.688. The Labute approximate surface area is 177 Å². The van der Waals surface area contributed by atoms with Crippen molar-refractivity contribution in [1.29, 1.82) is 0 Å². The number of nitrogens with one attached hydrogen (secondary N) is 2. The number of hydrogen-bond acceptors (Lipinski definition) is 5. The Balaban J connectivity index is 1.64. The van der Waals surface area contributed by atoms with Gasteiger partial charge >= 0.3 is 0 Å². The Kier molecular flexibility index (Phi) is 6.88. The maximum absolute atomic E-state index is 12.6. The lowest BCUT2D eigenvalue weighted by Gasteiger charge is -2.27. The Bertz CT molecular complexity index is 951. The lowest BCUT2D eigenvalue weighted by atomic mass is 10.1. The number of ether oxygens (including phenoxy) is 1. The topological polar surface area (TPSA) is 87.7 Å². The number of thiophene rings is 1. The molecule has 7 nitrogen and oxygen atoms in total. The zero-order valence-electron chi connectivity index (χ0n) is 15.3. The van der Waals surface area contributed by atoms with E-state index in [-0.39, 0.29) is 18.9 Å². The third-order valence-electron chi connectivity index (χ3n) is 4.17. The maximum atomic E-state index is 12.6. The molecule has 9 heteroatoms. The molecule has 1 aliphatic heterocycles. The van der Waals surface area contributed by atoms with Crippen LogP contribution in [0.25, 0.3) is 0 Å². The van der Waals surface area contributed by atoms with Gasteiger partial charge in [0.1, 0.15) is 12.6 Å². The van der Waals surface area contributed by atoms with Crippen molar-refractivity contribution < 1.29 is 19.1 Å². The Morgan fingerprint density at radius 2 is 2.03 bits per heavy atom. The molecule has 3 amide bonds. The number of halogens is 1. The molecule has 29 heavy (non-hydrogen) atoms. The molecule has 1 aromatic carbocycles. The summed E-state index contributed by atoms with van der Waals surface area (Å²) in [5.41, 5.74) is 1.24. The molecule has 3 rings (SSSR count). The van der Waals surface area contributed by atoms with Crippen molar-refractivity contribution in [1.82, 2.24) is 5.32 Å². The zero-order chi connectivity index (χ0) is 20.8. The monoisotopic (exact) mass is 431 g/mol. The van der Waals surface area contributed by atoms with E-state index in [0.717, 1.165) is 17.0 Å². The van der Waals surface area contributed by atoms with Gasteiger partial charge in [0.05, 0.1) is 15.8 Å². The number of carbonyl (C=O) groups is 3. The molecule has 0 aliphatic carbocycles. The fourth-order valence-electron chi connectivity index (χ4n) is 2.74. The highest BCUT2D eigenvalue weighted by Gasteiger charge is 2.23. The molecule has 2 heterocycles. The van der Waals surface area contributed by atoms with Gasteiger partial charge < -0.3 is 20.3 Å². The van der Waals surface area contributed by atoms with E-state index >= 15 is 0 Å². The summed E-state index contributed by atoms with van der Waals surface area (Å²) in [7, 11) is 0. The SMILES string of the molecule is C#CC[C@@H](NC(=O)c1ccc(Cl)s1)C(=O)Nc1ccc(N2CCOCC2=O)cc1. The van der Waals surface area contributed by atoms with Gasteiger partial charge in [0.15, 0.2) is 0 Å². The maximum Gasteiger partial charge on any atom is 0.262 e. The van der Waals surface area contributed by atoms with E-state index in [2.05, 4.69) is 16.6 Å². The minimum absolute atomic E-state index is 0.0387. The summed E-state index contributed by atoms with van der Waals surface area (Å²) >= 11 is 6.96. The van der Waals surface area contributed by atoms with Crippen LogP contribution in [0.2, 0.25) is 4.34 Å².